The predicted molar refractivity (Wildman–Crippen MR) is 98.3 cm³/mol. The van der Waals surface area contributed by atoms with Crippen molar-refractivity contribution in [2.24, 2.45) is 0 Å². The van der Waals surface area contributed by atoms with E-state index in [0.29, 0.717) is 4.32 Å². The third-order valence-electron chi connectivity index (χ3n) is 3.82. The van der Waals surface area contributed by atoms with E-state index >= 15 is 0 Å². The van der Waals surface area contributed by atoms with Crippen molar-refractivity contribution in [1.82, 2.24) is 4.90 Å². The SMILES string of the molecule is CCCCCCCCN(CCCCCCCC)C(=S)[S-].[Ag+]. The molecule has 0 aromatic rings. The number of hydrogen-bond acceptors (Lipinski definition) is 2. The van der Waals surface area contributed by atoms with Gasteiger partial charge in [0.2, 0.25) is 0 Å². The molecule has 0 N–H and O–H groups in total. The van der Waals surface area contributed by atoms with Crippen molar-refractivity contribution >= 4 is 29.2 Å². The zero-order valence-corrected chi connectivity index (χ0v) is 17.1. The van der Waals surface area contributed by atoms with Gasteiger partial charge in [0, 0.05) is 13.1 Å². The smallest absolute Gasteiger partial charge is 0.411 e. The second kappa shape index (κ2) is 18.9. The minimum absolute atomic E-state index is 0. The van der Waals surface area contributed by atoms with Crippen molar-refractivity contribution in [1.29, 1.82) is 0 Å². The third kappa shape index (κ3) is 17.0. The van der Waals surface area contributed by atoms with Crippen LogP contribution in [0.25, 0.3) is 0 Å². The average Bonchev–Trinajstić information content (AvgIpc) is 2.43. The van der Waals surface area contributed by atoms with E-state index in [4.69, 9.17) is 24.8 Å². The van der Waals surface area contributed by atoms with Crippen molar-refractivity contribution in [2.45, 2.75) is 90.9 Å². The van der Waals surface area contributed by atoms with Gasteiger partial charge in [-0.15, -0.1) is 0 Å². The van der Waals surface area contributed by atoms with Crippen molar-refractivity contribution in [2.75, 3.05) is 13.1 Å². The molecule has 0 aliphatic carbocycles. The van der Waals surface area contributed by atoms with Gasteiger partial charge in [0.25, 0.3) is 0 Å². The molecule has 0 aromatic carbocycles. The Balaban J connectivity index is 0. The number of rotatable bonds is 14. The summed E-state index contributed by atoms with van der Waals surface area (Å²) in [6.07, 6.45) is 16.0. The molecule has 1 nitrogen and oxygen atoms in total. The Morgan fingerprint density at radius 1 is 0.714 bits per heavy atom. The monoisotopic (exact) mass is 423 g/mol. The summed E-state index contributed by atoms with van der Waals surface area (Å²) in [5, 5.41) is 0. The first kappa shape index (κ1) is 24.1. The normalized spacial score (nSPS) is 10.2. The Kier molecular flexibility index (Phi) is 21.7. The van der Waals surface area contributed by atoms with Gasteiger partial charge in [0.15, 0.2) is 0 Å². The van der Waals surface area contributed by atoms with Crippen molar-refractivity contribution in [3.05, 3.63) is 0 Å². The fraction of sp³-hybridized carbons (Fsp3) is 0.941. The van der Waals surface area contributed by atoms with Crippen LogP contribution in [0.3, 0.4) is 0 Å². The third-order valence-corrected chi connectivity index (χ3v) is 4.34. The fourth-order valence-corrected chi connectivity index (χ4v) is 2.83. The molecular weight excluding hydrogens is 390 g/mol. The van der Waals surface area contributed by atoms with E-state index in [1.165, 1.54) is 77.0 Å². The van der Waals surface area contributed by atoms with Crippen LogP contribution in [0.2, 0.25) is 0 Å². The molecule has 0 aliphatic rings. The predicted octanol–water partition coefficient (Wildman–Crippen LogP) is 5.84. The molecule has 130 valence electrons. The van der Waals surface area contributed by atoms with E-state index in [9.17, 15) is 0 Å². The quantitative estimate of drug-likeness (QED) is 0.149. The first-order chi connectivity index (χ1) is 9.72. The molecule has 0 radical (unpaired) electrons. The summed E-state index contributed by atoms with van der Waals surface area (Å²) in [6, 6.07) is 0. The molecule has 0 fully saturated rings. The van der Waals surface area contributed by atoms with E-state index in [1.54, 1.807) is 0 Å². The van der Waals surface area contributed by atoms with Gasteiger partial charge >= 0.3 is 22.4 Å². The summed E-state index contributed by atoms with van der Waals surface area (Å²) < 4.78 is 0.673. The van der Waals surface area contributed by atoms with Crippen LogP contribution in [0, 0.1) is 0 Å². The van der Waals surface area contributed by atoms with Crippen LogP contribution in [0.15, 0.2) is 0 Å². The van der Waals surface area contributed by atoms with Gasteiger partial charge in [-0.2, -0.15) is 0 Å². The largest absolute Gasteiger partial charge is 1.00 e. The van der Waals surface area contributed by atoms with Crippen LogP contribution >= 0.6 is 12.2 Å². The van der Waals surface area contributed by atoms with Crippen molar-refractivity contribution in [3.63, 3.8) is 0 Å². The zero-order valence-electron chi connectivity index (χ0n) is 14.0. The number of nitrogens with zero attached hydrogens (tertiary/aromatic N) is 1. The molecule has 0 rings (SSSR count). The van der Waals surface area contributed by atoms with Gasteiger partial charge in [0.05, 0.1) is 0 Å². The Labute approximate surface area is 159 Å². The van der Waals surface area contributed by atoms with Gasteiger partial charge in [-0.25, -0.2) is 0 Å². The van der Waals surface area contributed by atoms with E-state index in [0.717, 1.165) is 13.1 Å². The van der Waals surface area contributed by atoms with Crippen LogP contribution in [0.1, 0.15) is 90.9 Å². The number of unbranched alkanes of at least 4 members (excludes halogenated alkanes) is 10. The van der Waals surface area contributed by atoms with E-state index in [2.05, 4.69) is 18.7 Å². The zero-order chi connectivity index (χ0) is 15.1. The molecule has 4 heteroatoms. The van der Waals surface area contributed by atoms with E-state index in [1.807, 2.05) is 0 Å². The Hall–Kier alpha value is 0.850. The Bertz CT molecular complexity index is 209. The van der Waals surface area contributed by atoms with Crippen molar-refractivity contribution in [3.8, 4) is 0 Å². The topological polar surface area (TPSA) is 3.24 Å². The summed E-state index contributed by atoms with van der Waals surface area (Å²) in [5.74, 6) is 0. The van der Waals surface area contributed by atoms with Crippen LogP contribution in [-0.4, -0.2) is 22.3 Å². The Morgan fingerprint density at radius 2 is 1.05 bits per heavy atom. The van der Waals surface area contributed by atoms with Gasteiger partial charge in [-0.1, -0.05) is 82.4 Å². The molecule has 0 amide bonds. The molecule has 0 atom stereocenters. The molecule has 21 heavy (non-hydrogen) atoms. The molecule has 0 saturated heterocycles. The summed E-state index contributed by atoms with van der Waals surface area (Å²) in [4.78, 5) is 2.24. The minimum atomic E-state index is 0. The van der Waals surface area contributed by atoms with Gasteiger partial charge in [0.1, 0.15) is 0 Å². The molecule has 0 bridgehead atoms. The first-order valence-corrected chi connectivity index (χ1v) is 9.50. The Morgan fingerprint density at radius 3 is 1.38 bits per heavy atom. The first-order valence-electron chi connectivity index (χ1n) is 8.68. The average molecular weight is 424 g/mol. The molecule has 0 saturated carbocycles. The fourth-order valence-electron chi connectivity index (χ4n) is 2.46. The summed E-state index contributed by atoms with van der Waals surface area (Å²) >= 11 is 10.4. The van der Waals surface area contributed by atoms with E-state index in [-0.39, 0.29) is 22.4 Å². The summed E-state index contributed by atoms with van der Waals surface area (Å²) in [7, 11) is 0. The van der Waals surface area contributed by atoms with Crippen LogP contribution in [0.5, 0.6) is 0 Å². The molecule has 0 aromatic heterocycles. The molecular formula is C17H34AgNS2. The molecule has 0 spiro atoms. The maximum Gasteiger partial charge on any atom is 1.00 e. The van der Waals surface area contributed by atoms with Crippen molar-refractivity contribution < 1.29 is 22.4 Å². The standard InChI is InChI=1S/C17H35NS2.Ag/c1-3-5-7-9-11-13-15-18(17(19)20)16-14-12-10-8-6-4-2;/h3-16H2,1-2H3,(H,19,20);/q;+1/p-1. The van der Waals surface area contributed by atoms with E-state index < -0.39 is 0 Å². The maximum absolute atomic E-state index is 5.20. The van der Waals surface area contributed by atoms with Crippen LogP contribution < -0.4 is 0 Å². The second-order valence-electron chi connectivity index (χ2n) is 5.79. The molecule has 0 aliphatic heterocycles. The number of thiocarbonyl (C=S) groups is 1. The van der Waals surface area contributed by atoms with Crippen LogP contribution in [-0.2, 0) is 35.0 Å². The maximum atomic E-state index is 5.20. The van der Waals surface area contributed by atoms with Crippen LogP contribution in [0.4, 0.5) is 0 Å². The molecule has 0 heterocycles. The molecule has 0 unspecified atom stereocenters. The summed E-state index contributed by atoms with van der Waals surface area (Å²) in [6.45, 7) is 6.67. The second-order valence-corrected chi connectivity index (χ2v) is 6.82. The minimum Gasteiger partial charge on any atom is -0.411 e. The number of hydrogen-bond donors (Lipinski definition) is 0. The van der Waals surface area contributed by atoms with Gasteiger partial charge < -0.3 is 29.7 Å². The summed E-state index contributed by atoms with van der Waals surface area (Å²) in [5.41, 5.74) is 0. The van der Waals surface area contributed by atoms with Gasteiger partial charge in [-0.3, -0.25) is 0 Å². The van der Waals surface area contributed by atoms with Gasteiger partial charge in [-0.05, 0) is 12.8 Å².